The molecule has 5 heteroatoms. The molecule has 0 unspecified atom stereocenters. The Labute approximate surface area is 123 Å². The third-order valence-corrected chi connectivity index (χ3v) is 2.98. The maximum Gasteiger partial charge on any atom is 0.320 e. The summed E-state index contributed by atoms with van der Waals surface area (Å²) >= 11 is 5.82. The van der Waals surface area contributed by atoms with Crippen molar-refractivity contribution in [3.63, 3.8) is 0 Å². The molecule has 0 fully saturated rings. The molecule has 0 saturated carbocycles. The Morgan fingerprint density at radius 2 is 2.15 bits per heavy atom. The van der Waals surface area contributed by atoms with Gasteiger partial charge in [0.05, 0.1) is 0 Å². The van der Waals surface area contributed by atoms with E-state index in [0.717, 1.165) is 6.42 Å². The zero-order valence-corrected chi connectivity index (χ0v) is 11.9. The molecule has 0 aliphatic carbocycles. The second-order valence-corrected chi connectivity index (χ2v) is 4.92. The van der Waals surface area contributed by atoms with Gasteiger partial charge in [-0.25, -0.2) is 9.78 Å². The monoisotopic (exact) mass is 289 g/mol. The highest BCUT2D eigenvalue weighted by Gasteiger charge is 2.02. The highest BCUT2D eigenvalue weighted by atomic mass is 35.5. The van der Waals surface area contributed by atoms with Crippen LogP contribution in [0.4, 0.5) is 10.6 Å². The number of anilines is 1. The minimum Gasteiger partial charge on any atom is -0.337 e. The van der Waals surface area contributed by atoms with Crippen molar-refractivity contribution in [1.82, 2.24) is 10.3 Å². The van der Waals surface area contributed by atoms with E-state index in [2.05, 4.69) is 34.7 Å². The Bertz CT molecular complexity index is 601. The highest BCUT2D eigenvalue weighted by Crippen LogP contribution is 2.11. The number of rotatable bonds is 4. The van der Waals surface area contributed by atoms with Crippen molar-refractivity contribution < 1.29 is 4.79 Å². The van der Waals surface area contributed by atoms with Gasteiger partial charge in [0, 0.05) is 17.8 Å². The molecule has 1 aromatic heterocycles. The lowest BCUT2D eigenvalue weighted by molar-refractivity contribution is 0.252. The van der Waals surface area contributed by atoms with Crippen LogP contribution in [-0.4, -0.2) is 17.6 Å². The Morgan fingerprint density at radius 3 is 2.90 bits per heavy atom. The Kier molecular flexibility index (Phi) is 4.96. The first kappa shape index (κ1) is 14.3. The maximum atomic E-state index is 11.7. The highest BCUT2D eigenvalue weighted by molar-refractivity contribution is 6.30. The normalized spacial score (nSPS) is 10.1. The summed E-state index contributed by atoms with van der Waals surface area (Å²) in [7, 11) is 0. The van der Waals surface area contributed by atoms with Crippen LogP contribution in [0, 0.1) is 6.92 Å². The van der Waals surface area contributed by atoms with Gasteiger partial charge >= 0.3 is 6.03 Å². The standard InChI is InChI=1S/C15H16ClN3O/c1-11-3-2-4-12(9-11)5-7-18-15(20)19-14-10-13(16)6-8-17-14/h2-4,6,8-10H,5,7H2,1H3,(H2,17,18,19,20). The lowest BCUT2D eigenvalue weighted by Gasteiger charge is -2.07. The number of pyridine rings is 1. The minimum absolute atomic E-state index is 0.285. The fourth-order valence-corrected chi connectivity index (χ4v) is 1.98. The number of carbonyl (C=O) groups excluding carboxylic acids is 1. The minimum atomic E-state index is -0.285. The number of aryl methyl sites for hydroxylation is 1. The summed E-state index contributed by atoms with van der Waals surface area (Å²) in [4.78, 5) is 15.7. The van der Waals surface area contributed by atoms with E-state index >= 15 is 0 Å². The molecule has 0 radical (unpaired) electrons. The third-order valence-electron chi connectivity index (χ3n) is 2.75. The van der Waals surface area contributed by atoms with Crippen LogP contribution in [0.1, 0.15) is 11.1 Å². The number of halogens is 1. The quantitative estimate of drug-likeness (QED) is 0.906. The number of carbonyl (C=O) groups is 1. The first-order valence-electron chi connectivity index (χ1n) is 6.35. The van der Waals surface area contributed by atoms with E-state index in [1.54, 1.807) is 18.3 Å². The molecular weight excluding hydrogens is 274 g/mol. The van der Waals surface area contributed by atoms with Gasteiger partial charge in [0.2, 0.25) is 0 Å². The molecule has 0 aliphatic rings. The first-order valence-corrected chi connectivity index (χ1v) is 6.73. The van der Waals surface area contributed by atoms with E-state index < -0.39 is 0 Å². The number of amides is 2. The van der Waals surface area contributed by atoms with Gasteiger partial charge in [0.15, 0.2) is 0 Å². The largest absolute Gasteiger partial charge is 0.337 e. The average Bonchev–Trinajstić information content (AvgIpc) is 2.38. The molecule has 20 heavy (non-hydrogen) atoms. The number of nitrogens with zero attached hydrogens (tertiary/aromatic N) is 1. The molecule has 2 aromatic rings. The predicted octanol–water partition coefficient (Wildman–Crippen LogP) is 3.41. The smallest absolute Gasteiger partial charge is 0.320 e. The van der Waals surface area contributed by atoms with Crippen LogP contribution in [0.2, 0.25) is 5.02 Å². The predicted molar refractivity (Wildman–Crippen MR) is 81.2 cm³/mol. The fraction of sp³-hybridized carbons (Fsp3) is 0.200. The van der Waals surface area contributed by atoms with E-state index in [-0.39, 0.29) is 6.03 Å². The number of benzene rings is 1. The number of nitrogens with one attached hydrogen (secondary N) is 2. The van der Waals surface area contributed by atoms with Crippen molar-refractivity contribution >= 4 is 23.4 Å². The van der Waals surface area contributed by atoms with Crippen molar-refractivity contribution in [2.24, 2.45) is 0 Å². The summed E-state index contributed by atoms with van der Waals surface area (Å²) < 4.78 is 0. The molecular formula is C15H16ClN3O. The van der Waals surface area contributed by atoms with Crippen LogP contribution in [-0.2, 0) is 6.42 Å². The van der Waals surface area contributed by atoms with Crippen molar-refractivity contribution in [3.05, 3.63) is 58.7 Å². The molecule has 1 heterocycles. The summed E-state index contributed by atoms with van der Waals surface area (Å²) in [6.45, 7) is 2.62. The molecule has 0 bridgehead atoms. The second kappa shape index (κ2) is 6.91. The lowest BCUT2D eigenvalue weighted by atomic mass is 10.1. The summed E-state index contributed by atoms with van der Waals surface area (Å²) in [5, 5.41) is 5.96. The molecule has 0 aliphatic heterocycles. The molecule has 2 amide bonds. The number of hydrogen-bond acceptors (Lipinski definition) is 2. The van der Waals surface area contributed by atoms with Gasteiger partial charge in [-0.1, -0.05) is 41.4 Å². The van der Waals surface area contributed by atoms with Gasteiger partial charge in [-0.2, -0.15) is 0 Å². The third kappa shape index (κ3) is 4.55. The number of urea groups is 1. The summed E-state index contributed by atoms with van der Waals surface area (Å²) in [6.07, 6.45) is 2.34. The van der Waals surface area contributed by atoms with E-state index in [9.17, 15) is 4.79 Å². The van der Waals surface area contributed by atoms with Crippen LogP contribution < -0.4 is 10.6 Å². The van der Waals surface area contributed by atoms with Gasteiger partial charge in [0.25, 0.3) is 0 Å². The Morgan fingerprint density at radius 1 is 1.30 bits per heavy atom. The second-order valence-electron chi connectivity index (χ2n) is 4.48. The van der Waals surface area contributed by atoms with Crippen molar-refractivity contribution in [2.45, 2.75) is 13.3 Å². The van der Waals surface area contributed by atoms with Gasteiger partial charge in [0.1, 0.15) is 5.82 Å². The van der Waals surface area contributed by atoms with E-state index in [1.807, 2.05) is 12.1 Å². The molecule has 104 valence electrons. The SMILES string of the molecule is Cc1cccc(CCNC(=O)Nc2cc(Cl)ccn2)c1. The molecule has 2 N–H and O–H groups in total. The maximum absolute atomic E-state index is 11.7. The molecule has 4 nitrogen and oxygen atoms in total. The van der Waals surface area contributed by atoms with Crippen LogP contribution in [0.5, 0.6) is 0 Å². The van der Waals surface area contributed by atoms with E-state index in [4.69, 9.17) is 11.6 Å². The van der Waals surface area contributed by atoms with Crippen molar-refractivity contribution in [2.75, 3.05) is 11.9 Å². The van der Waals surface area contributed by atoms with Gasteiger partial charge in [-0.05, 0) is 31.0 Å². The van der Waals surface area contributed by atoms with Crippen molar-refractivity contribution in [3.8, 4) is 0 Å². The fourth-order valence-electron chi connectivity index (χ4n) is 1.82. The number of aromatic nitrogens is 1. The zero-order chi connectivity index (χ0) is 14.4. The van der Waals surface area contributed by atoms with Crippen LogP contribution in [0.15, 0.2) is 42.6 Å². The summed E-state index contributed by atoms with van der Waals surface area (Å²) in [5.41, 5.74) is 2.42. The Hall–Kier alpha value is -2.07. The first-order chi connectivity index (χ1) is 9.63. The van der Waals surface area contributed by atoms with Crippen LogP contribution in [0.25, 0.3) is 0 Å². The van der Waals surface area contributed by atoms with Gasteiger partial charge in [-0.3, -0.25) is 5.32 Å². The molecule has 1 aromatic carbocycles. The van der Waals surface area contributed by atoms with E-state index in [0.29, 0.717) is 17.4 Å². The van der Waals surface area contributed by atoms with Crippen molar-refractivity contribution in [1.29, 1.82) is 0 Å². The molecule has 0 spiro atoms. The van der Waals surface area contributed by atoms with Gasteiger partial charge in [-0.15, -0.1) is 0 Å². The average molecular weight is 290 g/mol. The Balaban J connectivity index is 1.78. The lowest BCUT2D eigenvalue weighted by Crippen LogP contribution is -2.30. The van der Waals surface area contributed by atoms with Crippen LogP contribution >= 0.6 is 11.6 Å². The van der Waals surface area contributed by atoms with Crippen LogP contribution in [0.3, 0.4) is 0 Å². The van der Waals surface area contributed by atoms with E-state index in [1.165, 1.54) is 11.1 Å². The molecule has 2 rings (SSSR count). The number of hydrogen-bond donors (Lipinski definition) is 2. The summed E-state index contributed by atoms with van der Waals surface area (Å²) in [5.74, 6) is 0.436. The zero-order valence-electron chi connectivity index (χ0n) is 11.2. The molecule has 0 atom stereocenters. The van der Waals surface area contributed by atoms with Gasteiger partial charge < -0.3 is 5.32 Å². The summed E-state index contributed by atoms with van der Waals surface area (Å²) in [6, 6.07) is 11.2. The molecule has 0 saturated heterocycles. The topological polar surface area (TPSA) is 54.0 Å².